The highest BCUT2D eigenvalue weighted by Gasteiger charge is 2.21. The first kappa shape index (κ1) is 19.5. The third kappa shape index (κ3) is 4.42. The lowest BCUT2D eigenvalue weighted by Gasteiger charge is -2.30. The van der Waals surface area contributed by atoms with E-state index >= 15 is 0 Å². The highest BCUT2D eigenvalue weighted by Crippen LogP contribution is 2.24. The molecule has 25 heavy (non-hydrogen) atoms. The molecule has 0 atom stereocenters. The number of thioether (sulfide) groups is 1. The number of amides is 1. The van der Waals surface area contributed by atoms with Gasteiger partial charge in [0.2, 0.25) is 5.91 Å². The normalized spacial score (nSPS) is 11.4. The molecule has 0 aliphatic heterocycles. The molecule has 2 rings (SSSR count). The van der Waals surface area contributed by atoms with Gasteiger partial charge in [0.25, 0.3) is 0 Å². The fourth-order valence-electron chi connectivity index (χ4n) is 2.97. The van der Waals surface area contributed by atoms with E-state index in [0.717, 1.165) is 16.7 Å². The molecule has 5 nitrogen and oxygen atoms in total. The molecule has 0 bridgehead atoms. The summed E-state index contributed by atoms with van der Waals surface area (Å²) in [5, 5.41) is 9.23. The van der Waals surface area contributed by atoms with E-state index in [0.29, 0.717) is 5.75 Å². The molecule has 0 radical (unpaired) electrons. The predicted octanol–water partition coefficient (Wildman–Crippen LogP) is 3.93. The SMILES string of the molecule is Cc1ccc(-n2c(C)nnc2SCC(=O)N(C(C)C)C(C)C)cc1C. The van der Waals surface area contributed by atoms with Gasteiger partial charge in [0.15, 0.2) is 5.16 Å². The molecule has 0 aliphatic carbocycles. The third-order valence-corrected chi connectivity index (χ3v) is 5.18. The number of hydrogen-bond donors (Lipinski definition) is 0. The van der Waals surface area contributed by atoms with E-state index in [9.17, 15) is 4.79 Å². The molecular formula is C19H28N4OS. The Morgan fingerprint density at radius 3 is 2.28 bits per heavy atom. The van der Waals surface area contributed by atoms with Crippen molar-refractivity contribution in [2.75, 3.05) is 5.75 Å². The van der Waals surface area contributed by atoms with Gasteiger partial charge in [-0.3, -0.25) is 9.36 Å². The molecule has 0 unspecified atom stereocenters. The van der Waals surface area contributed by atoms with E-state index in [1.165, 1.54) is 22.9 Å². The van der Waals surface area contributed by atoms with Gasteiger partial charge in [-0.2, -0.15) is 0 Å². The Hall–Kier alpha value is -1.82. The van der Waals surface area contributed by atoms with Crippen LogP contribution < -0.4 is 0 Å². The number of rotatable bonds is 6. The summed E-state index contributed by atoms with van der Waals surface area (Å²) in [7, 11) is 0. The summed E-state index contributed by atoms with van der Waals surface area (Å²) >= 11 is 1.44. The van der Waals surface area contributed by atoms with Crippen molar-refractivity contribution in [2.45, 2.75) is 65.7 Å². The van der Waals surface area contributed by atoms with Crippen LogP contribution in [0.2, 0.25) is 0 Å². The lowest BCUT2D eigenvalue weighted by molar-refractivity contribution is -0.131. The van der Waals surface area contributed by atoms with Crippen LogP contribution in [0, 0.1) is 20.8 Å². The zero-order chi connectivity index (χ0) is 18.7. The first-order valence-electron chi connectivity index (χ1n) is 8.66. The zero-order valence-corrected chi connectivity index (χ0v) is 17.0. The molecule has 1 amide bonds. The van der Waals surface area contributed by atoms with E-state index in [4.69, 9.17) is 0 Å². The number of carbonyl (C=O) groups excluding carboxylic acids is 1. The second-order valence-electron chi connectivity index (χ2n) is 6.91. The van der Waals surface area contributed by atoms with E-state index in [1.807, 2.05) is 44.1 Å². The minimum Gasteiger partial charge on any atom is -0.337 e. The highest BCUT2D eigenvalue weighted by molar-refractivity contribution is 7.99. The number of nitrogens with zero attached hydrogens (tertiary/aromatic N) is 4. The van der Waals surface area contributed by atoms with Gasteiger partial charge >= 0.3 is 0 Å². The summed E-state index contributed by atoms with van der Waals surface area (Å²) < 4.78 is 2.01. The summed E-state index contributed by atoms with van der Waals surface area (Å²) in [5.74, 6) is 1.31. The molecule has 2 aromatic rings. The van der Waals surface area contributed by atoms with Crippen LogP contribution in [0.1, 0.15) is 44.6 Å². The number of hydrogen-bond acceptors (Lipinski definition) is 4. The largest absolute Gasteiger partial charge is 0.337 e. The van der Waals surface area contributed by atoms with Crippen LogP contribution in [0.15, 0.2) is 23.4 Å². The van der Waals surface area contributed by atoms with E-state index in [2.05, 4.69) is 42.2 Å². The van der Waals surface area contributed by atoms with Gasteiger partial charge in [0.1, 0.15) is 5.82 Å². The van der Waals surface area contributed by atoms with Crippen molar-refractivity contribution in [1.29, 1.82) is 0 Å². The summed E-state index contributed by atoms with van der Waals surface area (Å²) in [5.41, 5.74) is 3.51. The van der Waals surface area contributed by atoms with Gasteiger partial charge in [-0.1, -0.05) is 17.8 Å². The van der Waals surface area contributed by atoms with Crippen LogP contribution in [0.4, 0.5) is 0 Å². The number of carbonyl (C=O) groups is 1. The van der Waals surface area contributed by atoms with Crippen LogP contribution in [-0.2, 0) is 4.79 Å². The molecule has 0 fully saturated rings. The minimum absolute atomic E-state index is 0.127. The Morgan fingerprint density at radius 1 is 1.08 bits per heavy atom. The summed E-state index contributed by atoms with van der Waals surface area (Å²) in [6.45, 7) is 14.3. The quantitative estimate of drug-likeness (QED) is 0.733. The van der Waals surface area contributed by atoms with Gasteiger partial charge in [0, 0.05) is 17.8 Å². The van der Waals surface area contributed by atoms with Crippen molar-refractivity contribution in [3.05, 3.63) is 35.2 Å². The maximum Gasteiger partial charge on any atom is 0.233 e. The monoisotopic (exact) mass is 360 g/mol. The fourth-order valence-corrected chi connectivity index (χ4v) is 3.84. The molecule has 0 aliphatic rings. The van der Waals surface area contributed by atoms with Crippen LogP contribution >= 0.6 is 11.8 Å². The number of aryl methyl sites for hydroxylation is 3. The van der Waals surface area contributed by atoms with Crippen LogP contribution in [0.3, 0.4) is 0 Å². The Kier molecular flexibility index (Phi) is 6.27. The average molecular weight is 361 g/mol. The molecule has 0 saturated heterocycles. The van der Waals surface area contributed by atoms with E-state index in [1.54, 1.807) is 0 Å². The molecule has 0 spiro atoms. The minimum atomic E-state index is 0.127. The molecule has 1 aromatic heterocycles. The summed E-state index contributed by atoms with van der Waals surface area (Å²) in [6, 6.07) is 6.67. The molecule has 1 aromatic carbocycles. The van der Waals surface area contributed by atoms with Crippen molar-refractivity contribution < 1.29 is 4.79 Å². The van der Waals surface area contributed by atoms with Crippen LogP contribution in [0.5, 0.6) is 0 Å². The van der Waals surface area contributed by atoms with Gasteiger partial charge in [0.05, 0.1) is 5.75 Å². The molecular weight excluding hydrogens is 332 g/mol. The van der Waals surface area contributed by atoms with Crippen molar-refractivity contribution in [2.24, 2.45) is 0 Å². The maximum atomic E-state index is 12.6. The van der Waals surface area contributed by atoms with Crippen molar-refractivity contribution in [1.82, 2.24) is 19.7 Å². The Bertz CT molecular complexity index is 744. The topological polar surface area (TPSA) is 51.0 Å². The van der Waals surface area contributed by atoms with Crippen LogP contribution in [-0.4, -0.2) is 43.4 Å². The van der Waals surface area contributed by atoms with Crippen molar-refractivity contribution >= 4 is 17.7 Å². The third-order valence-electron chi connectivity index (χ3n) is 4.27. The molecule has 136 valence electrons. The van der Waals surface area contributed by atoms with E-state index in [-0.39, 0.29) is 18.0 Å². The van der Waals surface area contributed by atoms with Gasteiger partial charge in [-0.15, -0.1) is 10.2 Å². The second-order valence-corrected chi connectivity index (χ2v) is 7.85. The van der Waals surface area contributed by atoms with Gasteiger partial charge < -0.3 is 4.90 Å². The van der Waals surface area contributed by atoms with E-state index < -0.39 is 0 Å². The summed E-state index contributed by atoms with van der Waals surface area (Å²) in [6.07, 6.45) is 0. The Balaban J connectivity index is 2.22. The summed E-state index contributed by atoms with van der Waals surface area (Å²) in [4.78, 5) is 14.5. The fraction of sp³-hybridized carbons (Fsp3) is 0.526. The lowest BCUT2D eigenvalue weighted by atomic mass is 10.1. The first-order valence-corrected chi connectivity index (χ1v) is 9.64. The standard InChI is InChI=1S/C19H28N4OS/c1-12(2)22(13(3)4)18(24)11-25-19-21-20-16(7)23(19)17-9-8-14(5)15(6)10-17/h8-10,12-13H,11H2,1-7H3. The average Bonchev–Trinajstić information content (AvgIpc) is 2.88. The van der Waals surface area contributed by atoms with Gasteiger partial charge in [-0.25, -0.2) is 0 Å². The highest BCUT2D eigenvalue weighted by atomic mass is 32.2. The second kappa shape index (κ2) is 8.04. The molecule has 1 heterocycles. The Labute approximate surface area is 154 Å². The lowest BCUT2D eigenvalue weighted by Crippen LogP contribution is -2.43. The molecule has 0 N–H and O–H groups in total. The smallest absolute Gasteiger partial charge is 0.233 e. The van der Waals surface area contributed by atoms with Crippen molar-refractivity contribution in [3.8, 4) is 5.69 Å². The van der Waals surface area contributed by atoms with Crippen LogP contribution in [0.25, 0.3) is 5.69 Å². The van der Waals surface area contributed by atoms with Gasteiger partial charge in [-0.05, 0) is 71.7 Å². The number of benzene rings is 1. The zero-order valence-electron chi connectivity index (χ0n) is 16.2. The molecule has 6 heteroatoms. The first-order chi connectivity index (χ1) is 11.7. The number of aromatic nitrogens is 3. The van der Waals surface area contributed by atoms with Crippen molar-refractivity contribution in [3.63, 3.8) is 0 Å². The Morgan fingerprint density at radius 2 is 1.72 bits per heavy atom. The maximum absolute atomic E-state index is 12.6. The predicted molar refractivity (Wildman–Crippen MR) is 103 cm³/mol. The molecule has 0 saturated carbocycles.